The maximum atomic E-state index is 11.8. The first-order chi connectivity index (χ1) is 11.6. The van der Waals surface area contributed by atoms with E-state index in [0.29, 0.717) is 6.54 Å². The van der Waals surface area contributed by atoms with Crippen molar-refractivity contribution in [3.05, 3.63) is 48.6 Å². The number of hydrogen-bond acceptors (Lipinski definition) is 4. The molecule has 1 fully saturated rings. The first kappa shape index (κ1) is 18.2. The van der Waals surface area contributed by atoms with Crippen LogP contribution in [0.25, 0.3) is 0 Å². The van der Waals surface area contributed by atoms with Crippen molar-refractivity contribution in [1.82, 2.24) is 15.5 Å². The van der Waals surface area contributed by atoms with E-state index in [1.54, 1.807) is 6.08 Å². The number of carbonyl (C=O) groups excluding carboxylic acids is 2. The maximum Gasteiger partial charge on any atom is 0.321 e. The van der Waals surface area contributed by atoms with Gasteiger partial charge in [0.1, 0.15) is 0 Å². The minimum atomic E-state index is -0.505. The molecule has 24 heavy (non-hydrogen) atoms. The summed E-state index contributed by atoms with van der Waals surface area (Å²) in [6.45, 7) is 5.47. The van der Waals surface area contributed by atoms with Crippen molar-refractivity contribution in [3.63, 3.8) is 0 Å². The van der Waals surface area contributed by atoms with Gasteiger partial charge in [0.25, 0.3) is 0 Å². The summed E-state index contributed by atoms with van der Waals surface area (Å²) < 4.78 is 0. The number of benzene rings is 1. The molecule has 1 aliphatic rings. The van der Waals surface area contributed by atoms with Gasteiger partial charge in [-0.05, 0) is 37.4 Å². The Kier molecular flexibility index (Phi) is 6.96. The largest absolute Gasteiger partial charge is 0.388 e. The molecule has 1 heterocycles. The molecule has 6 heteroatoms. The molecule has 1 aliphatic heterocycles. The lowest BCUT2D eigenvalue weighted by Crippen LogP contribution is -2.46. The molecule has 1 aromatic rings. The van der Waals surface area contributed by atoms with Crippen LogP contribution in [0.15, 0.2) is 43.0 Å². The molecule has 0 aliphatic carbocycles. The highest BCUT2D eigenvalue weighted by molar-refractivity contribution is 5.95. The first-order valence-electron chi connectivity index (χ1n) is 8.24. The molecule has 0 saturated carbocycles. The van der Waals surface area contributed by atoms with Crippen molar-refractivity contribution in [1.29, 1.82) is 0 Å². The molecule has 6 nitrogen and oxygen atoms in total. The van der Waals surface area contributed by atoms with Crippen molar-refractivity contribution in [2.24, 2.45) is 5.92 Å². The molecule has 1 atom stereocenters. The fourth-order valence-corrected chi connectivity index (χ4v) is 2.93. The van der Waals surface area contributed by atoms with Gasteiger partial charge in [-0.25, -0.2) is 4.79 Å². The Morgan fingerprint density at radius 1 is 1.29 bits per heavy atom. The van der Waals surface area contributed by atoms with Crippen LogP contribution in [0.3, 0.4) is 0 Å². The van der Waals surface area contributed by atoms with Gasteiger partial charge in [0.2, 0.25) is 5.91 Å². The number of amides is 3. The second-order valence-corrected chi connectivity index (χ2v) is 6.02. The Balaban J connectivity index is 1.73. The molecule has 3 amide bonds. The van der Waals surface area contributed by atoms with Crippen molar-refractivity contribution in [2.75, 3.05) is 26.2 Å². The highest BCUT2D eigenvalue weighted by Crippen LogP contribution is 2.30. The number of aliphatic hydroxyl groups is 1. The summed E-state index contributed by atoms with van der Waals surface area (Å²) in [6, 6.07) is 9.15. The standard InChI is InChI=1S/C18H25N3O3/c1-2-10-19-18(24)20-16(22)13-21-11-8-15(9-12-21)17(23)14-6-4-3-5-7-14/h2-7,15,17,23H,1,8-13H2,(H2,19,20,22,24)/t17-/m0/s1. The lowest BCUT2D eigenvalue weighted by molar-refractivity contribution is -0.121. The van der Waals surface area contributed by atoms with E-state index in [-0.39, 0.29) is 18.4 Å². The predicted molar refractivity (Wildman–Crippen MR) is 92.3 cm³/mol. The van der Waals surface area contributed by atoms with Crippen LogP contribution in [0.5, 0.6) is 0 Å². The Labute approximate surface area is 142 Å². The number of imide groups is 1. The minimum absolute atomic E-state index is 0.190. The lowest BCUT2D eigenvalue weighted by Gasteiger charge is -2.33. The van der Waals surface area contributed by atoms with E-state index < -0.39 is 12.1 Å². The summed E-state index contributed by atoms with van der Waals surface area (Å²) in [4.78, 5) is 25.2. The molecule has 1 aromatic carbocycles. The highest BCUT2D eigenvalue weighted by atomic mass is 16.3. The summed E-state index contributed by atoms with van der Waals surface area (Å²) in [5.41, 5.74) is 0.938. The third-order valence-electron chi connectivity index (χ3n) is 4.25. The second kappa shape index (κ2) is 9.20. The molecule has 2 rings (SSSR count). The van der Waals surface area contributed by atoms with Crippen molar-refractivity contribution < 1.29 is 14.7 Å². The Hall–Kier alpha value is -2.18. The van der Waals surface area contributed by atoms with Crippen LogP contribution in [-0.2, 0) is 4.79 Å². The zero-order valence-electron chi connectivity index (χ0n) is 13.8. The van der Waals surface area contributed by atoms with E-state index in [2.05, 4.69) is 17.2 Å². The van der Waals surface area contributed by atoms with Gasteiger partial charge < -0.3 is 10.4 Å². The number of piperidine rings is 1. The van der Waals surface area contributed by atoms with E-state index in [1.165, 1.54) is 0 Å². The van der Waals surface area contributed by atoms with Crippen LogP contribution >= 0.6 is 0 Å². The van der Waals surface area contributed by atoms with Gasteiger partial charge in [0.05, 0.1) is 12.6 Å². The van der Waals surface area contributed by atoms with Gasteiger partial charge >= 0.3 is 6.03 Å². The fraction of sp³-hybridized carbons (Fsp3) is 0.444. The van der Waals surface area contributed by atoms with Crippen LogP contribution in [0.1, 0.15) is 24.5 Å². The zero-order valence-corrected chi connectivity index (χ0v) is 13.8. The van der Waals surface area contributed by atoms with Crippen LogP contribution in [0.2, 0.25) is 0 Å². The van der Waals surface area contributed by atoms with E-state index in [1.807, 2.05) is 35.2 Å². The van der Waals surface area contributed by atoms with Crippen molar-refractivity contribution >= 4 is 11.9 Å². The van der Waals surface area contributed by atoms with Crippen LogP contribution < -0.4 is 10.6 Å². The molecule has 0 aromatic heterocycles. The van der Waals surface area contributed by atoms with Crippen LogP contribution in [-0.4, -0.2) is 48.1 Å². The van der Waals surface area contributed by atoms with E-state index in [0.717, 1.165) is 31.5 Å². The van der Waals surface area contributed by atoms with Gasteiger partial charge in [-0.1, -0.05) is 36.4 Å². The van der Waals surface area contributed by atoms with E-state index >= 15 is 0 Å². The number of hydrogen-bond donors (Lipinski definition) is 3. The molecule has 130 valence electrons. The summed E-state index contributed by atoms with van der Waals surface area (Å²) >= 11 is 0. The fourth-order valence-electron chi connectivity index (χ4n) is 2.93. The third kappa shape index (κ3) is 5.47. The topological polar surface area (TPSA) is 81.7 Å². The zero-order chi connectivity index (χ0) is 17.4. The van der Waals surface area contributed by atoms with Crippen molar-refractivity contribution in [2.45, 2.75) is 18.9 Å². The lowest BCUT2D eigenvalue weighted by atomic mass is 9.87. The van der Waals surface area contributed by atoms with E-state index in [9.17, 15) is 14.7 Å². The molecular formula is C18H25N3O3. The number of carbonyl (C=O) groups is 2. The normalized spacial score (nSPS) is 17.0. The van der Waals surface area contributed by atoms with Gasteiger partial charge in [-0.15, -0.1) is 6.58 Å². The Morgan fingerprint density at radius 2 is 1.96 bits per heavy atom. The molecule has 0 bridgehead atoms. The molecule has 0 radical (unpaired) electrons. The minimum Gasteiger partial charge on any atom is -0.388 e. The van der Waals surface area contributed by atoms with Gasteiger partial charge in [-0.2, -0.15) is 0 Å². The number of urea groups is 1. The number of rotatable bonds is 6. The number of nitrogens with one attached hydrogen (secondary N) is 2. The Morgan fingerprint density at radius 3 is 2.58 bits per heavy atom. The smallest absolute Gasteiger partial charge is 0.321 e. The summed E-state index contributed by atoms with van der Waals surface area (Å²) in [7, 11) is 0. The predicted octanol–water partition coefficient (Wildman–Crippen LogP) is 1.44. The van der Waals surface area contributed by atoms with Crippen LogP contribution in [0, 0.1) is 5.92 Å². The highest BCUT2D eigenvalue weighted by Gasteiger charge is 2.27. The molecular weight excluding hydrogens is 306 g/mol. The average molecular weight is 331 g/mol. The molecule has 1 saturated heterocycles. The monoisotopic (exact) mass is 331 g/mol. The Bertz CT molecular complexity index is 554. The quantitative estimate of drug-likeness (QED) is 0.689. The number of nitrogens with zero attached hydrogens (tertiary/aromatic N) is 1. The second-order valence-electron chi connectivity index (χ2n) is 6.02. The summed E-state index contributed by atoms with van der Waals surface area (Å²) in [5.74, 6) is -0.124. The average Bonchev–Trinajstić information content (AvgIpc) is 2.60. The molecule has 0 unspecified atom stereocenters. The first-order valence-corrected chi connectivity index (χ1v) is 8.24. The summed E-state index contributed by atoms with van der Waals surface area (Å²) in [5, 5.41) is 15.3. The molecule has 3 N–H and O–H groups in total. The summed E-state index contributed by atoms with van der Waals surface area (Å²) in [6.07, 6.45) is 2.73. The maximum absolute atomic E-state index is 11.8. The van der Waals surface area contributed by atoms with E-state index in [4.69, 9.17) is 0 Å². The van der Waals surface area contributed by atoms with Crippen molar-refractivity contribution in [3.8, 4) is 0 Å². The number of likely N-dealkylation sites (tertiary alicyclic amines) is 1. The van der Waals surface area contributed by atoms with Gasteiger partial charge in [0.15, 0.2) is 0 Å². The van der Waals surface area contributed by atoms with Gasteiger partial charge in [0, 0.05) is 6.54 Å². The van der Waals surface area contributed by atoms with Gasteiger partial charge in [-0.3, -0.25) is 15.0 Å². The number of aliphatic hydroxyl groups excluding tert-OH is 1. The third-order valence-corrected chi connectivity index (χ3v) is 4.25. The molecule has 0 spiro atoms. The van der Waals surface area contributed by atoms with Crippen LogP contribution in [0.4, 0.5) is 4.79 Å². The SMILES string of the molecule is C=CCNC(=O)NC(=O)CN1CCC([C@@H](O)c2ccccc2)CC1.